The minimum Gasteiger partial charge on any atom is -0.371 e. The normalized spacial score (nSPS) is 14.2. The molecule has 0 saturated carbocycles. The molecule has 148 valence electrons. The van der Waals surface area contributed by atoms with E-state index in [0.717, 1.165) is 11.1 Å². The summed E-state index contributed by atoms with van der Waals surface area (Å²) in [4.78, 5) is 27.4. The molecule has 2 aromatic carbocycles. The predicted octanol–water partition coefficient (Wildman–Crippen LogP) is 3.32. The molecule has 0 atom stereocenters. The minimum atomic E-state index is -4.24. The van der Waals surface area contributed by atoms with Gasteiger partial charge in [0.1, 0.15) is 5.75 Å². The first-order valence-corrected chi connectivity index (χ1v) is 10.4. The number of rotatable bonds is 5. The van der Waals surface area contributed by atoms with Crippen molar-refractivity contribution < 1.29 is 22.2 Å². The molecule has 7 nitrogen and oxygen atoms in total. The predicted molar refractivity (Wildman–Crippen MR) is 106 cm³/mol. The van der Waals surface area contributed by atoms with E-state index >= 15 is 0 Å². The highest BCUT2D eigenvalue weighted by atomic mass is 32.2. The van der Waals surface area contributed by atoms with Crippen molar-refractivity contribution in [3.8, 4) is 5.75 Å². The number of hydrogen-bond donors (Lipinski definition) is 1. The van der Waals surface area contributed by atoms with Gasteiger partial charge < -0.3 is 4.18 Å². The molecule has 0 saturated heterocycles. The van der Waals surface area contributed by atoms with Crippen molar-refractivity contribution in [2.75, 3.05) is 4.90 Å². The molecule has 0 unspecified atom stereocenters. The van der Waals surface area contributed by atoms with E-state index in [1.54, 1.807) is 0 Å². The Bertz CT molecular complexity index is 1050. The Morgan fingerprint density at radius 1 is 0.893 bits per heavy atom. The van der Waals surface area contributed by atoms with Crippen LogP contribution < -0.4 is 14.2 Å². The first-order chi connectivity index (χ1) is 13.0. The van der Waals surface area contributed by atoms with E-state index in [4.69, 9.17) is 5.14 Å². The first-order valence-electron chi connectivity index (χ1n) is 8.89. The van der Waals surface area contributed by atoms with Gasteiger partial charge in [0.25, 0.3) is 11.8 Å². The Morgan fingerprint density at radius 2 is 1.43 bits per heavy atom. The Balaban J connectivity index is 2.16. The van der Waals surface area contributed by atoms with Crippen molar-refractivity contribution in [3.63, 3.8) is 0 Å². The van der Waals surface area contributed by atoms with Gasteiger partial charge in [-0.3, -0.25) is 9.59 Å². The first kappa shape index (κ1) is 20.0. The van der Waals surface area contributed by atoms with Crippen molar-refractivity contribution in [1.82, 2.24) is 0 Å². The van der Waals surface area contributed by atoms with Crippen LogP contribution in [0.3, 0.4) is 0 Å². The molecule has 0 fully saturated rings. The summed E-state index contributed by atoms with van der Waals surface area (Å²) in [5.74, 6) is -0.893. The standard InChI is InChI=1S/C20H22N2O5S/c1-11(2)14-6-5-7-15(12(3)4)18(14)22-19(23)16-9-8-13(27-28(21,25)26)10-17(16)20(22)24/h5-12H,1-4H3,(H2,21,25,26). The van der Waals surface area contributed by atoms with Crippen LogP contribution in [0.1, 0.15) is 71.4 Å². The van der Waals surface area contributed by atoms with Gasteiger partial charge in [0.15, 0.2) is 0 Å². The van der Waals surface area contributed by atoms with Crippen LogP contribution in [0.25, 0.3) is 0 Å². The third-order valence-corrected chi connectivity index (χ3v) is 5.06. The third kappa shape index (κ3) is 3.53. The van der Waals surface area contributed by atoms with Crippen LogP contribution in [0, 0.1) is 0 Å². The second-order valence-corrected chi connectivity index (χ2v) is 8.48. The SMILES string of the molecule is CC(C)c1cccc(C(C)C)c1N1C(=O)c2ccc(OS(N)(=O)=O)cc2C1=O. The van der Waals surface area contributed by atoms with E-state index in [2.05, 4.69) is 4.18 Å². The van der Waals surface area contributed by atoms with Crippen LogP contribution in [0.5, 0.6) is 5.75 Å². The number of nitrogens with zero attached hydrogens (tertiary/aromatic N) is 1. The van der Waals surface area contributed by atoms with Crippen LogP contribution in [0.2, 0.25) is 0 Å². The molecule has 1 heterocycles. The van der Waals surface area contributed by atoms with E-state index < -0.39 is 22.1 Å². The molecule has 2 amide bonds. The molecule has 2 aromatic rings. The van der Waals surface area contributed by atoms with Gasteiger partial charge in [-0.25, -0.2) is 4.90 Å². The lowest BCUT2D eigenvalue weighted by Gasteiger charge is -2.25. The van der Waals surface area contributed by atoms with E-state index in [9.17, 15) is 18.0 Å². The van der Waals surface area contributed by atoms with Crippen LogP contribution in [0.4, 0.5) is 5.69 Å². The van der Waals surface area contributed by atoms with E-state index in [0.29, 0.717) is 5.69 Å². The van der Waals surface area contributed by atoms with Gasteiger partial charge in [0.05, 0.1) is 16.8 Å². The zero-order valence-electron chi connectivity index (χ0n) is 16.1. The van der Waals surface area contributed by atoms with Gasteiger partial charge in [-0.15, -0.1) is 0 Å². The topological polar surface area (TPSA) is 107 Å². The van der Waals surface area contributed by atoms with Gasteiger partial charge in [-0.05, 0) is 41.2 Å². The quantitative estimate of drug-likeness (QED) is 0.772. The monoisotopic (exact) mass is 402 g/mol. The number of benzene rings is 2. The summed E-state index contributed by atoms with van der Waals surface area (Å²) >= 11 is 0. The number of carbonyl (C=O) groups excluding carboxylic acids is 2. The van der Waals surface area contributed by atoms with Crippen LogP contribution >= 0.6 is 0 Å². The smallest absolute Gasteiger partial charge is 0.371 e. The number of imide groups is 1. The van der Waals surface area contributed by atoms with E-state index in [1.165, 1.54) is 23.1 Å². The Kier molecular flexibility index (Phi) is 5.03. The number of hydrogen-bond acceptors (Lipinski definition) is 5. The Hall–Kier alpha value is -2.71. The highest BCUT2D eigenvalue weighted by Gasteiger charge is 2.39. The molecular formula is C20H22N2O5S. The molecule has 0 bridgehead atoms. The zero-order valence-corrected chi connectivity index (χ0v) is 16.9. The average Bonchev–Trinajstić information content (AvgIpc) is 2.83. The number of nitrogens with two attached hydrogens (primary N) is 1. The number of fused-ring (bicyclic) bond motifs is 1. The minimum absolute atomic E-state index is 0.0828. The maximum Gasteiger partial charge on any atom is 0.380 e. The van der Waals surface area contributed by atoms with Gasteiger partial charge in [0, 0.05) is 0 Å². The van der Waals surface area contributed by atoms with Crippen LogP contribution in [-0.2, 0) is 10.3 Å². The summed E-state index contributed by atoms with van der Waals surface area (Å²) in [6, 6.07) is 9.64. The van der Waals surface area contributed by atoms with Gasteiger partial charge in [-0.1, -0.05) is 45.9 Å². The third-order valence-electron chi connectivity index (χ3n) is 4.64. The molecule has 2 N–H and O–H groups in total. The van der Waals surface area contributed by atoms with E-state index in [-0.39, 0.29) is 28.7 Å². The largest absolute Gasteiger partial charge is 0.380 e. The fourth-order valence-electron chi connectivity index (χ4n) is 3.38. The second kappa shape index (κ2) is 7.03. The zero-order chi connectivity index (χ0) is 20.8. The summed E-state index contributed by atoms with van der Waals surface area (Å²) in [6.07, 6.45) is 0. The number of carbonyl (C=O) groups is 2. The van der Waals surface area contributed by atoms with Crippen molar-refractivity contribution >= 4 is 27.8 Å². The highest BCUT2D eigenvalue weighted by molar-refractivity contribution is 7.84. The van der Waals surface area contributed by atoms with Crippen molar-refractivity contribution in [1.29, 1.82) is 0 Å². The summed E-state index contributed by atoms with van der Waals surface area (Å²) in [6.45, 7) is 8.00. The number of anilines is 1. The molecule has 1 aliphatic heterocycles. The van der Waals surface area contributed by atoms with Crippen molar-refractivity contribution in [2.24, 2.45) is 5.14 Å². The van der Waals surface area contributed by atoms with Crippen molar-refractivity contribution in [2.45, 2.75) is 39.5 Å². The second-order valence-electron chi connectivity index (χ2n) is 7.32. The lowest BCUT2D eigenvalue weighted by atomic mass is 9.92. The molecule has 28 heavy (non-hydrogen) atoms. The molecule has 8 heteroatoms. The molecule has 3 rings (SSSR count). The molecule has 0 aromatic heterocycles. The van der Waals surface area contributed by atoms with Crippen molar-refractivity contribution in [3.05, 3.63) is 58.7 Å². The Labute approximate surface area is 164 Å². The fourth-order valence-corrected chi connectivity index (χ4v) is 3.75. The maximum absolute atomic E-state index is 13.1. The van der Waals surface area contributed by atoms with Crippen LogP contribution in [0.15, 0.2) is 36.4 Å². The molecule has 1 aliphatic rings. The maximum atomic E-state index is 13.1. The molecule has 0 radical (unpaired) electrons. The number of para-hydroxylation sites is 1. The fraction of sp³-hybridized carbons (Fsp3) is 0.300. The van der Waals surface area contributed by atoms with Gasteiger partial charge in [0.2, 0.25) is 0 Å². The molecular weight excluding hydrogens is 380 g/mol. The lowest BCUT2D eigenvalue weighted by molar-refractivity contribution is 0.0925. The lowest BCUT2D eigenvalue weighted by Crippen LogP contribution is -2.31. The molecule has 0 spiro atoms. The molecule has 0 aliphatic carbocycles. The summed E-state index contributed by atoms with van der Waals surface area (Å²) < 4.78 is 27.0. The summed E-state index contributed by atoms with van der Waals surface area (Å²) in [5.41, 5.74) is 2.65. The number of amides is 2. The average molecular weight is 402 g/mol. The van der Waals surface area contributed by atoms with Gasteiger partial charge in [-0.2, -0.15) is 13.6 Å². The van der Waals surface area contributed by atoms with Gasteiger partial charge >= 0.3 is 10.3 Å². The Morgan fingerprint density at radius 3 is 1.93 bits per heavy atom. The van der Waals surface area contributed by atoms with Crippen LogP contribution in [-0.4, -0.2) is 20.2 Å². The highest BCUT2D eigenvalue weighted by Crippen LogP contribution is 2.40. The summed E-state index contributed by atoms with van der Waals surface area (Å²) in [5, 5.41) is 4.89. The van der Waals surface area contributed by atoms with E-state index in [1.807, 2.05) is 45.9 Å². The summed E-state index contributed by atoms with van der Waals surface area (Å²) in [7, 11) is -4.24.